The van der Waals surface area contributed by atoms with Crippen molar-refractivity contribution in [3.63, 3.8) is 0 Å². The fourth-order valence-electron chi connectivity index (χ4n) is 9.05. The van der Waals surface area contributed by atoms with E-state index in [1.165, 1.54) is 44.9 Å². The predicted octanol–water partition coefficient (Wildman–Crippen LogP) is 5.41. The number of aliphatic hydroxyl groups is 1. The Morgan fingerprint density at radius 3 is 2.73 bits per heavy atom. The first-order valence-electron chi connectivity index (χ1n) is 12.5. The van der Waals surface area contributed by atoms with Gasteiger partial charge in [-0.05, 0) is 112 Å². The molecule has 1 N–H and O–H groups in total. The lowest BCUT2D eigenvalue weighted by molar-refractivity contribution is -0.105. The highest BCUT2D eigenvalue weighted by atomic mass is 16.3. The molecule has 4 fully saturated rings. The zero-order chi connectivity index (χ0) is 21.1. The summed E-state index contributed by atoms with van der Waals surface area (Å²) in [6.07, 6.45) is 15.0. The highest BCUT2D eigenvalue weighted by molar-refractivity contribution is 5.21. The lowest BCUT2D eigenvalue weighted by Crippen LogP contribution is -2.51. The summed E-state index contributed by atoms with van der Waals surface area (Å²) < 4.78 is 1.98. The molecule has 0 unspecified atom stereocenters. The van der Waals surface area contributed by atoms with E-state index in [1.54, 1.807) is 6.20 Å². The van der Waals surface area contributed by atoms with E-state index in [2.05, 4.69) is 31.9 Å². The molecule has 0 aromatic carbocycles. The summed E-state index contributed by atoms with van der Waals surface area (Å²) in [5.41, 5.74) is 0.724. The quantitative estimate of drug-likeness (QED) is 0.726. The first kappa shape index (κ1) is 20.6. The van der Waals surface area contributed by atoms with Crippen LogP contribution in [-0.2, 0) is 6.54 Å². The lowest BCUT2D eigenvalue weighted by Gasteiger charge is -2.57. The number of aryl methyl sites for hydroxylation is 1. The van der Waals surface area contributed by atoms with Gasteiger partial charge in [0.2, 0.25) is 0 Å². The number of nitriles is 1. The van der Waals surface area contributed by atoms with E-state index in [9.17, 15) is 5.11 Å². The second-order valence-electron chi connectivity index (χ2n) is 11.9. The lowest BCUT2D eigenvalue weighted by atomic mass is 9.48. The van der Waals surface area contributed by atoms with Gasteiger partial charge >= 0.3 is 0 Å². The second-order valence-corrected chi connectivity index (χ2v) is 11.9. The Morgan fingerprint density at radius 1 is 1.17 bits per heavy atom. The molecular weight excluding hydrogens is 370 g/mol. The number of hydrogen-bond acceptors (Lipinski definition) is 3. The highest BCUT2D eigenvalue weighted by Gasteiger charge is 2.59. The Kier molecular flexibility index (Phi) is 5.05. The van der Waals surface area contributed by atoms with Crippen molar-refractivity contribution >= 4 is 0 Å². The molecular formula is C26H39N3O. The van der Waals surface area contributed by atoms with Crippen LogP contribution >= 0.6 is 0 Å². The molecule has 0 saturated heterocycles. The summed E-state index contributed by atoms with van der Waals surface area (Å²) in [5.74, 6) is 5.92. The van der Waals surface area contributed by atoms with Crippen LogP contribution in [0.4, 0.5) is 0 Å². The Hall–Kier alpha value is -1.34. The predicted molar refractivity (Wildman–Crippen MR) is 117 cm³/mol. The minimum Gasteiger partial charge on any atom is -0.390 e. The molecule has 4 saturated carbocycles. The van der Waals surface area contributed by atoms with Crippen molar-refractivity contribution in [2.45, 2.75) is 90.7 Å². The van der Waals surface area contributed by atoms with Gasteiger partial charge in [0.05, 0.1) is 17.4 Å². The summed E-state index contributed by atoms with van der Waals surface area (Å²) in [6, 6.07) is 2.19. The van der Waals surface area contributed by atoms with Gasteiger partial charge in [0.15, 0.2) is 0 Å². The second kappa shape index (κ2) is 7.37. The Morgan fingerprint density at radius 2 is 1.97 bits per heavy atom. The van der Waals surface area contributed by atoms with Crippen LogP contribution in [0.1, 0.15) is 84.1 Å². The number of nitrogens with zero attached hydrogens (tertiary/aromatic N) is 3. The molecule has 164 valence electrons. The van der Waals surface area contributed by atoms with E-state index in [1.807, 2.05) is 10.9 Å². The van der Waals surface area contributed by atoms with E-state index >= 15 is 0 Å². The molecule has 0 spiro atoms. The van der Waals surface area contributed by atoms with Gasteiger partial charge in [-0.25, -0.2) is 0 Å². The molecule has 1 aromatic rings. The molecule has 30 heavy (non-hydrogen) atoms. The molecule has 4 aliphatic rings. The molecule has 0 radical (unpaired) electrons. The summed E-state index contributed by atoms with van der Waals surface area (Å²) in [6.45, 7) is 8.15. The van der Waals surface area contributed by atoms with Crippen LogP contribution in [0.15, 0.2) is 12.4 Å². The van der Waals surface area contributed by atoms with Crippen LogP contribution in [0.25, 0.3) is 0 Å². The van der Waals surface area contributed by atoms with Gasteiger partial charge in [-0.1, -0.05) is 13.8 Å². The Bertz CT molecular complexity index is 822. The van der Waals surface area contributed by atoms with E-state index in [0.29, 0.717) is 11.0 Å². The van der Waals surface area contributed by atoms with Crippen molar-refractivity contribution in [3.05, 3.63) is 18.0 Å². The van der Waals surface area contributed by atoms with Gasteiger partial charge in [-0.2, -0.15) is 10.4 Å². The van der Waals surface area contributed by atoms with Crippen molar-refractivity contribution in [3.8, 4) is 6.07 Å². The first-order chi connectivity index (χ1) is 14.3. The number of hydrogen-bond donors (Lipinski definition) is 1. The number of aromatic nitrogens is 2. The third-order valence-corrected chi connectivity index (χ3v) is 10.2. The summed E-state index contributed by atoms with van der Waals surface area (Å²) in [4.78, 5) is 0. The molecule has 4 aliphatic carbocycles. The topological polar surface area (TPSA) is 61.8 Å². The first-order valence-corrected chi connectivity index (χ1v) is 12.5. The minimum absolute atomic E-state index is 0.416. The van der Waals surface area contributed by atoms with Gasteiger partial charge in [0, 0.05) is 12.7 Å². The molecule has 5 rings (SSSR count). The minimum atomic E-state index is -0.416. The molecule has 1 heterocycles. The van der Waals surface area contributed by atoms with Gasteiger partial charge in [-0.15, -0.1) is 0 Å². The average Bonchev–Trinajstić information content (AvgIpc) is 3.27. The van der Waals surface area contributed by atoms with Crippen LogP contribution in [-0.4, -0.2) is 20.5 Å². The molecule has 0 amide bonds. The Labute approximate surface area is 182 Å². The average molecular weight is 410 g/mol. The molecule has 0 aliphatic heterocycles. The summed E-state index contributed by atoms with van der Waals surface area (Å²) in [5, 5.41) is 24.1. The van der Waals surface area contributed by atoms with Crippen molar-refractivity contribution < 1.29 is 5.11 Å². The van der Waals surface area contributed by atoms with E-state index in [0.717, 1.165) is 60.8 Å². The molecule has 0 bridgehead atoms. The van der Waals surface area contributed by atoms with Crippen molar-refractivity contribution in [1.82, 2.24) is 9.78 Å². The fraction of sp³-hybridized carbons (Fsp3) is 0.846. The van der Waals surface area contributed by atoms with Crippen molar-refractivity contribution in [1.29, 1.82) is 5.26 Å². The summed E-state index contributed by atoms with van der Waals surface area (Å²) in [7, 11) is 0. The fourth-order valence-corrected chi connectivity index (χ4v) is 9.05. The Balaban J connectivity index is 1.30. The van der Waals surface area contributed by atoms with Crippen LogP contribution in [0, 0.1) is 58.2 Å². The van der Waals surface area contributed by atoms with Gasteiger partial charge < -0.3 is 5.11 Å². The van der Waals surface area contributed by atoms with E-state index < -0.39 is 5.60 Å². The zero-order valence-corrected chi connectivity index (χ0v) is 19.1. The molecule has 4 nitrogen and oxygen atoms in total. The summed E-state index contributed by atoms with van der Waals surface area (Å²) >= 11 is 0. The van der Waals surface area contributed by atoms with Crippen LogP contribution in [0.5, 0.6) is 0 Å². The van der Waals surface area contributed by atoms with E-state index in [4.69, 9.17) is 5.26 Å². The molecule has 4 heteroatoms. The monoisotopic (exact) mass is 409 g/mol. The highest BCUT2D eigenvalue weighted by Crippen LogP contribution is 2.66. The van der Waals surface area contributed by atoms with Crippen LogP contribution < -0.4 is 0 Å². The van der Waals surface area contributed by atoms with Crippen LogP contribution in [0.2, 0.25) is 0 Å². The van der Waals surface area contributed by atoms with Gasteiger partial charge in [-0.3, -0.25) is 4.68 Å². The van der Waals surface area contributed by atoms with Gasteiger partial charge in [0.25, 0.3) is 0 Å². The molecule has 9 atom stereocenters. The van der Waals surface area contributed by atoms with Crippen molar-refractivity contribution in [2.24, 2.45) is 46.8 Å². The number of rotatable bonds is 3. The SMILES string of the molecule is C[C@@H]1C[C@H](CCn2cc(C#N)cn2)[C@@]2(C)CC[C@H]3[C@@H](CC[C@@H]4C[C@](C)(O)CC[C@@H]43)[C@H]12. The number of fused-ring (bicyclic) bond motifs is 5. The largest absolute Gasteiger partial charge is 0.390 e. The zero-order valence-electron chi connectivity index (χ0n) is 19.1. The van der Waals surface area contributed by atoms with Crippen molar-refractivity contribution in [2.75, 3.05) is 0 Å². The standard InChI is InChI=1S/C26H39N3O/c1-17-12-20(8-11-29-16-18(14-27)15-28-29)26(3)10-7-22-21-6-9-25(2,30)13-19(21)4-5-23(22)24(17)26/h15-17,19-24,30H,4-13H2,1-3H3/t17-,19-,20+,21+,22-,23-,24+,25-,26-/m1/s1. The van der Waals surface area contributed by atoms with E-state index in [-0.39, 0.29) is 0 Å². The smallest absolute Gasteiger partial charge is 0.102 e. The molecule has 1 aromatic heterocycles. The normalized spacial score (nSPS) is 47.8. The maximum Gasteiger partial charge on any atom is 0.102 e. The third-order valence-electron chi connectivity index (χ3n) is 10.2. The third kappa shape index (κ3) is 3.32. The van der Waals surface area contributed by atoms with Gasteiger partial charge in [0.1, 0.15) is 6.07 Å². The maximum atomic E-state index is 10.6. The maximum absolute atomic E-state index is 10.6. The van der Waals surface area contributed by atoms with Crippen LogP contribution in [0.3, 0.4) is 0 Å².